The predicted octanol–water partition coefficient (Wildman–Crippen LogP) is 4.74. The molecule has 3 aromatic rings. The second kappa shape index (κ2) is 7.99. The third-order valence-electron chi connectivity index (χ3n) is 4.99. The Morgan fingerprint density at radius 1 is 1.14 bits per heavy atom. The lowest BCUT2D eigenvalue weighted by Crippen LogP contribution is -2.51. The summed E-state index contributed by atoms with van der Waals surface area (Å²) >= 11 is 1.68. The molecule has 1 saturated heterocycles. The van der Waals surface area contributed by atoms with Gasteiger partial charge in [0.15, 0.2) is 0 Å². The first-order valence-electron chi connectivity index (χ1n) is 10.0. The Kier molecular flexibility index (Phi) is 5.41. The maximum atomic E-state index is 12.4. The number of anilines is 1. The van der Waals surface area contributed by atoms with Gasteiger partial charge in [0.2, 0.25) is 0 Å². The summed E-state index contributed by atoms with van der Waals surface area (Å²) < 4.78 is 0. The molecule has 1 aliphatic rings. The van der Waals surface area contributed by atoms with Crippen molar-refractivity contribution in [1.29, 1.82) is 0 Å². The minimum absolute atomic E-state index is 0.0192. The summed E-state index contributed by atoms with van der Waals surface area (Å²) in [7, 11) is 0. The molecular formula is C22H27N5OS. The second-order valence-electron chi connectivity index (χ2n) is 8.50. The molecule has 0 saturated carbocycles. The summed E-state index contributed by atoms with van der Waals surface area (Å²) in [4.78, 5) is 25.4. The Balaban J connectivity index is 1.44. The molecule has 29 heavy (non-hydrogen) atoms. The number of urea groups is 1. The van der Waals surface area contributed by atoms with Crippen LogP contribution in [0.15, 0.2) is 42.7 Å². The number of nitrogens with zero attached hydrogens (tertiary/aromatic N) is 3. The summed E-state index contributed by atoms with van der Waals surface area (Å²) in [6, 6.07) is 12.8. The first-order valence-corrected chi connectivity index (χ1v) is 10.8. The molecule has 7 heteroatoms. The molecule has 6 nitrogen and oxygen atoms in total. The van der Waals surface area contributed by atoms with E-state index >= 15 is 0 Å². The number of benzene rings is 1. The number of nitrogens with one attached hydrogen (secondary N) is 2. The van der Waals surface area contributed by atoms with E-state index in [-0.39, 0.29) is 11.6 Å². The monoisotopic (exact) mass is 409 g/mol. The highest BCUT2D eigenvalue weighted by Gasteiger charge is 2.25. The SMILES string of the molecule is CC(C)(C)NC(=O)N1CCC(Nc2ncnc3sc(-c4ccccc4)cc23)CC1. The molecule has 152 valence electrons. The van der Waals surface area contributed by atoms with Crippen LogP contribution >= 0.6 is 11.3 Å². The van der Waals surface area contributed by atoms with Gasteiger partial charge in [0, 0.05) is 29.5 Å². The van der Waals surface area contributed by atoms with E-state index in [4.69, 9.17) is 0 Å². The summed E-state index contributed by atoms with van der Waals surface area (Å²) in [6.07, 6.45) is 3.43. The van der Waals surface area contributed by atoms with Crippen molar-refractivity contribution in [3.8, 4) is 10.4 Å². The third-order valence-corrected chi connectivity index (χ3v) is 6.08. The van der Waals surface area contributed by atoms with Crippen molar-refractivity contribution < 1.29 is 4.79 Å². The number of piperidine rings is 1. The Morgan fingerprint density at radius 2 is 1.86 bits per heavy atom. The molecule has 3 heterocycles. The van der Waals surface area contributed by atoms with Crippen LogP contribution in [0.1, 0.15) is 33.6 Å². The highest BCUT2D eigenvalue weighted by atomic mass is 32.1. The van der Waals surface area contributed by atoms with E-state index in [2.05, 4.69) is 38.8 Å². The zero-order valence-corrected chi connectivity index (χ0v) is 17.9. The number of amides is 2. The van der Waals surface area contributed by atoms with Gasteiger partial charge in [-0.15, -0.1) is 11.3 Å². The molecule has 1 aliphatic heterocycles. The average molecular weight is 410 g/mol. The van der Waals surface area contributed by atoms with Gasteiger partial charge in [-0.2, -0.15) is 0 Å². The lowest BCUT2D eigenvalue weighted by molar-refractivity contribution is 0.175. The molecule has 1 fully saturated rings. The van der Waals surface area contributed by atoms with Crippen molar-refractivity contribution in [2.45, 2.75) is 45.2 Å². The van der Waals surface area contributed by atoms with Gasteiger partial charge in [-0.25, -0.2) is 14.8 Å². The molecule has 2 N–H and O–H groups in total. The molecule has 0 atom stereocenters. The van der Waals surface area contributed by atoms with Gasteiger partial charge in [0.1, 0.15) is 17.0 Å². The number of fused-ring (bicyclic) bond motifs is 1. The van der Waals surface area contributed by atoms with Gasteiger partial charge < -0.3 is 15.5 Å². The van der Waals surface area contributed by atoms with Crippen molar-refractivity contribution in [3.05, 3.63) is 42.7 Å². The molecule has 0 unspecified atom stereocenters. The molecule has 0 aliphatic carbocycles. The van der Waals surface area contributed by atoms with Crippen LogP contribution in [0.5, 0.6) is 0 Å². The van der Waals surface area contributed by atoms with Crippen LogP contribution in [-0.4, -0.2) is 45.6 Å². The van der Waals surface area contributed by atoms with Crippen LogP contribution in [0.3, 0.4) is 0 Å². The Bertz CT molecular complexity index is 987. The largest absolute Gasteiger partial charge is 0.367 e. The highest BCUT2D eigenvalue weighted by molar-refractivity contribution is 7.21. The summed E-state index contributed by atoms with van der Waals surface area (Å²) in [5, 5.41) is 7.70. The van der Waals surface area contributed by atoms with Crippen LogP contribution < -0.4 is 10.6 Å². The highest BCUT2D eigenvalue weighted by Crippen LogP contribution is 2.35. The zero-order valence-electron chi connectivity index (χ0n) is 17.1. The van der Waals surface area contributed by atoms with Crippen LogP contribution in [-0.2, 0) is 0 Å². The molecular weight excluding hydrogens is 382 g/mol. The fourth-order valence-corrected chi connectivity index (χ4v) is 4.54. The molecule has 2 amide bonds. The number of likely N-dealkylation sites (tertiary alicyclic amines) is 1. The Hall–Kier alpha value is -2.67. The van der Waals surface area contributed by atoms with E-state index in [1.165, 1.54) is 10.4 Å². The van der Waals surface area contributed by atoms with Crippen molar-refractivity contribution in [2.75, 3.05) is 18.4 Å². The normalized spacial score (nSPS) is 15.5. The first kappa shape index (κ1) is 19.6. The number of carbonyl (C=O) groups excluding carboxylic acids is 1. The lowest BCUT2D eigenvalue weighted by atomic mass is 10.0. The maximum Gasteiger partial charge on any atom is 0.317 e. The Labute approximate surface area is 175 Å². The smallest absolute Gasteiger partial charge is 0.317 e. The van der Waals surface area contributed by atoms with Gasteiger partial charge in [0.05, 0.1) is 5.39 Å². The van der Waals surface area contributed by atoms with Gasteiger partial charge in [-0.1, -0.05) is 30.3 Å². The van der Waals surface area contributed by atoms with Crippen molar-refractivity contribution in [1.82, 2.24) is 20.2 Å². The van der Waals surface area contributed by atoms with Gasteiger partial charge in [-0.3, -0.25) is 0 Å². The van der Waals surface area contributed by atoms with Crippen LogP contribution in [0.25, 0.3) is 20.7 Å². The number of thiophene rings is 1. The maximum absolute atomic E-state index is 12.4. The van der Waals surface area contributed by atoms with Crippen LogP contribution in [0, 0.1) is 0 Å². The van der Waals surface area contributed by atoms with E-state index in [0.717, 1.165) is 42.0 Å². The molecule has 0 spiro atoms. The minimum Gasteiger partial charge on any atom is -0.367 e. The van der Waals surface area contributed by atoms with Crippen molar-refractivity contribution >= 4 is 33.4 Å². The van der Waals surface area contributed by atoms with E-state index in [0.29, 0.717) is 6.04 Å². The van der Waals surface area contributed by atoms with Gasteiger partial charge in [-0.05, 0) is 45.2 Å². The molecule has 0 radical (unpaired) electrons. The number of carbonyl (C=O) groups is 1. The summed E-state index contributed by atoms with van der Waals surface area (Å²) in [5.41, 5.74) is 0.980. The fourth-order valence-electron chi connectivity index (χ4n) is 3.54. The third kappa shape index (κ3) is 4.67. The van der Waals surface area contributed by atoms with Gasteiger partial charge in [0.25, 0.3) is 0 Å². The first-order chi connectivity index (χ1) is 13.9. The lowest BCUT2D eigenvalue weighted by Gasteiger charge is -2.34. The topological polar surface area (TPSA) is 70.2 Å². The number of rotatable bonds is 3. The van der Waals surface area contributed by atoms with E-state index in [9.17, 15) is 4.79 Å². The molecule has 2 aromatic heterocycles. The standard InChI is InChI=1S/C22H27N5OS/c1-22(2,3)26-21(28)27-11-9-16(10-12-27)25-19-17-13-18(15-7-5-4-6-8-15)29-20(17)24-14-23-19/h4-8,13-14,16H,9-12H2,1-3H3,(H,26,28)(H,23,24,25). The predicted molar refractivity (Wildman–Crippen MR) is 119 cm³/mol. The van der Waals surface area contributed by atoms with Crippen molar-refractivity contribution in [3.63, 3.8) is 0 Å². The average Bonchev–Trinajstić information content (AvgIpc) is 3.13. The number of aromatic nitrogens is 2. The quantitative estimate of drug-likeness (QED) is 0.655. The zero-order chi connectivity index (χ0) is 20.4. The second-order valence-corrected chi connectivity index (χ2v) is 9.53. The fraction of sp³-hybridized carbons (Fsp3) is 0.409. The Morgan fingerprint density at radius 3 is 2.55 bits per heavy atom. The van der Waals surface area contributed by atoms with E-state index in [1.54, 1.807) is 17.7 Å². The summed E-state index contributed by atoms with van der Waals surface area (Å²) in [5.74, 6) is 0.881. The van der Waals surface area contributed by atoms with Crippen LogP contribution in [0.2, 0.25) is 0 Å². The van der Waals surface area contributed by atoms with E-state index < -0.39 is 0 Å². The van der Waals surface area contributed by atoms with E-state index in [1.807, 2.05) is 43.9 Å². The molecule has 0 bridgehead atoms. The molecule has 1 aromatic carbocycles. The van der Waals surface area contributed by atoms with Crippen LogP contribution in [0.4, 0.5) is 10.6 Å². The minimum atomic E-state index is -0.214. The summed E-state index contributed by atoms with van der Waals surface area (Å²) in [6.45, 7) is 7.50. The van der Waals surface area contributed by atoms with Gasteiger partial charge >= 0.3 is 6.03 Å². The molecule has 4 rings (SSSR count). The van der Waals surface area contributed by atoms with Crippen molar-refractivity contribution in [2.24, 2.45) is 0 Å². The number of hydrogen-bond donors (Lipinski definition) is 2. The number of hydrogen-bond acceptors (Lipinski definition) is 5.